The van der Waals surface area contributed by atoms with Crippen LogP contribution in [0.5, 0.6) is 0 Å². The van der Waals surface area contributed by atoms with E-state index in [0.717, 1.165) is 17.1 Å². The summed E-state index contributed by atoms with van der Waals surface area (Å²) >= 11 is 0. The first kappa shape index (κ1) is 30.7. The molecule has 0 saturated heterocycles. The van der Waals surface area contributed by atoms with E-state index >= 15 is 0 Å². The summed E-state index contributed by atoms with van der Waals surface area (Å²) < 4.78 is 7.40. The highest BCUT2D eigenvalue weighted by Gasteiger charge is 2.22. The molecule has 57 heavy (non-hydrogen) atoms. The summed E-state index contributed by atoms with van der Waals surface area (Å²) in [5.41, 5.74) is 10.7. The fraction of sp³-hybridized carbons (Fsp3) is 0. The van der Waals surface area contributed by atoms with E-state index in [0.29, 0.717) is 0 Å². The second-order valence-electron chi connectivity index (χ2n) is 15.3. The topological polar surface area (TPSA) is 14.8 Å². The standard InChI is InChI=1S/C54H33N3/c1-2-14-34(15-3-1)55-48-23-11-8-20-42(48)44-29-27-36(33-52(44)55)56-50-25-13-10-22-46(50)53-51(56)31-30-45-43-21-9-12-24-49(43)57(54(45)53)35-26-28-41-39-18-5-4-16-37(39)38-17-6-7-19-40(38)47(41)32-35/h1-33H. The van der Waals surface area contributed by atoms with E-state index in [1.54, 1.807) is 0 Å². The third kappa shape index (κ3) is 4.15. The van der Waals surface area contributed by atoms with Crippen molar-refractivity contribution in [3.63, 3.8) is 0 Å². The Labute approximate surface area is 327 Å². The van der Waals surface area contributed by atoms with Crippen molar-refractivity contribution in [2.45, 2.75) is 0 Å². The van der Waals surface area contributed by atoms with Gasteiger partial charge < -0.3 is 13.7 Å². The molecule has 0 saturated carbocycles. The van der Waals surface area contributed by atoms with Gasteiger partial charge in [0, 0.05) is 49.4 Å². The number of hydrogen-bond acceptors (Lipinski definition) is 0. The molecule has 3 aromatic heterocycles. The third-order valence-corrected chi connectivity index (χ3v) is 12.4. The Hall–Kier alpha value is -7.62. The molecule has 3 heterocycles. The van der Waals surface area contributed by atoms with E-state index in [1.807, 2.05) is 0 Å². The lowest BCUT2D eigenvalue weighted by molar-refractivity contribution is 1.15. The molecule has 0 radical (unpaired) electrons. The molecule has 0 unspecified atom stereocenters. The lowest BCUT2D eigenvalue weighted by atomic mass is 9.94. The minimum absolute atomic E-state index is 1.14. The minimum Gasteiger partial charge on any atom is -0.309 e. The van der Waals surface area contributed by atoms with E-state index in [2.05, 4.69) is 214 Å². The van der Waals surface area contributed by atoms with Gasteiger partial charge in [-0.25, -0.2) is 0 Å². The summed E-state index contributed by atoms with van der Waals surface area (Å²) in [4.78, 5) is 0. The molecule has 0 spiro atoms. The molecule has 0 aliphatic heterocycles. The van der Waals surface area contributed by atoms with Gasteiger partial charge in [0.2, 0.25) is 0 Å². The summed E-state index contributed by atoms with van der Waals surface area (Å²) in [7, 11) is 0. The zero-order chi connectivity index (χ0) is 37.2. The van der Waals surface area contributed by atoms with Gasteiger partial charge in [0.1, 0.15) is 0 Å². The van der Waals surface area contributed by atoms with Crippen molar-refractivity contribution in [3.8, 4) is 17.1 Å². The summed E-state index contributed by atoms with van der Waals surface area (Å²) in [6, 6.07) is 73.7. The highest BCUT2D eigenvalue weighted by atomic mass is 15.0. The van der Waals surface area contributed by atoms with Gasteiger partial charge in [-0.15, -0.1) is 0 Å². The Morgan fingerprint density at radius 1 is 0.211 bits per heavy atom. The molecular formula is C54H33N3. The summed E-state index contributed by atoms with van der Waals surface area (Å²) in [6.45, 7) is 0. The highest BCUT2D eigenvalue weighted by molar-refractivity contribution is 6.28. The smallest absolute Gasteiger partial charge is 0.0641 e. The van der Waals surface area contributed by atoms with Crippen LogP contribution in [-0.2, 0) is 0 Å². The second-order valence-corrected chi connectivity index (χ2v) is 15.3. The van der Waals surface area contributed by atoms with Crippen molar-refractivity contribution >= 4 is 97.7 Å². The Morgan fingerprint density at radius 3 is 1.30 bits per heavy atom. The first-order chi connectivity index (χ1) is 28.3. The molecule has 13 rings (SSSR count). The van der Waals surface area contributed by atoms with Crippen molar-refractivity contribution in [2.24, 2.45) is 0 Å². The van der Waals surface area contributed by atoms with Crippen LogP contribution in [0.2, 0.25) is 0 Å². The summed E-state index contributed by atoms with van der Waals surface area (Å²) in [5, 5.41) is 15.2. The van der Waals surface area contributed by atoms with E-state index in [1.165, 1.54) is 97.7 Å². The number of hydrogen-bond donors (Lipinski definition) is 0. The van der Waals surface area contributed by atoms with Crippen molar-refractivity contribution < 1.29 is 0 Å². The Bertz CT molecular complexity index is 3770. The third-order valence-electron chi connectivity index (χ3n) is 12.4. The Kier molecular flexibility index (Phi) is 6.16. The normalized spacial score (nSPS) is 12.2. The number of benzene rings is 10. The fourth-order valence-electron chi connectivity index (χ4n) is 10.0. The van der Waals surface area contributed by atoms with Gasteiger partial charge in [-0.3, -0.25) is 0 Å². The molecule has 0 aliphatic carbocycles. The van der Waals surface area contributed by atoms with Gasteiger partial charge in [-0.05, 0) is 93.0 Å². The van der Waals surface area contributed by atoms with Crippen LogP contribution in [0.15, 0.2) is 200 Å². The molecular weight excluding hydrogens is 691 g/mol. The predicted molar refractivity (Wildman–Crippen MR) is 242 cm³/mol. The molecule has 0 atom stereocenters. The van der Waals surface area contributed by atoms with E-state index in [4.69, 9.17) is 0 Å². The first-order valence-electron chi connectivity index (χ1n) is 19.7. The number of aromatic nitrogens is 3. The summed E-state index contributed by atoms with van der Waals surface area (Å²) in [5.74, 6) is 0. The molecule has 0 amide bonds. The molecule has 0 aliphatic rings. The molecule has 0 N–H and O–H groups in total. The zero-order valence-electron chi connectivity index (χ0n) is 30.9. The van der Waals surface area contributed by atoms with Crippen LogP contribution in [0.4, 0.5) is 0 Å². The van der Waals surface area contributed by atoms with Crippen LogP contribution in [0.1, 0.15) is 0 Å². The highest BCUT2D eigenvalue weighted by Crippen LogP contribution is 2.44. The SMILES string of the molecule is c1ccc(-n2c3ccccc3c3ccc(-n4c5ccccc5c5c4ccc4c6ccccc6n(-c6ccc7c8ccccc8c8ccccc8c7c6)c45)cc32)cc1. The lowest BCUT2D eigenvalue weighted by Crippen LogP contribution is -1.97. The van der Waals surface area contributed by atoms with E-state index < -0.39 is 0 Å². The average molecular weight is 724 g/mol. The quantitative estimate of drug-likeness (QED) is 0.161. The number of para-hydroxylation sites is 4. The van der Waals surface area contributed by atoms with Gasteiger partial charge in [-0.2, -0.15) is 0 Å². The maximum absolute atomic E-state index is 2.52. The number of fused-ring (bicyclic) bond motifs is 16. The molecule has 264 valence electrons. The van der Waals surface area contributed by atoms with Gasteiger partial charge in [0.15, 0.2) is 0 Å². The maximum atomic E-state index is 2.52. The summed E-state index contributed by atoms with van der Waals surface area (Å²) in [6.07, 6.45) is 0. The van der Waals surface area contributed by atoms with Crippen molar-refractivity contribution in [2.75, 3.05) is 0 Å². The molecule has 3 heteroatoms. The largest absolute Gasteiger partial charge is 0.309 e. The zero-order valence-corrected chi connectivity index (χ0v) is 30.9. The van der Waals surface area contributed by atoms with Crippen LogP contribution < -0.4 is 0 Å². The number of rotatable bonds is 3. The molecule has 0 fully saturated rings. The maximum Gasteiger partial charge on any atom is 0.0641 e. The first-order valence-corrected chi connectivity index (χ1v) is 19.7. The monoisotopic (exact) mass is 723 g/mol. The van der Waals surface area contributed by atoms with Gasteiger partial charge in [0.05, 0.1) is 33.1 Å². The van der Waals surface area contributed by atoms with Crippen LogP contribution in [0.25, 0.3) is 115 Å². The predicted octanol–water partition coefficient (Wildman–Crippen LogP) is 14.4. The lowest BCUT2D eigenvalue weighted by Gasteiger charge is -2.14. The molecule has 3 nitrogen and oxygen atoms in total. The Balaban J connectivity index is 1.14. The van der Waals surface area contributed by atoms with E-state index in [-0.39, 0.29) is 0 Å². The van der Waals surface area contributed by atoms with E-state index in [9.17, 15) is 0 Å². The van der Waals surface area contributed by atoms with Crippen molar-refractivity contribution in [1.29, 1.82) is 0 Å². The van der Waals surface area contributed by atoms with Crippen LogP contribution in [0, 0.1) is 0 Å². The second kappa shape index (κ2) is 11.5. The molecule has 13 aromatic rings. The van der Waals surface area contributed by atoms with Crippen LogP contribution in [0.3, 0.4) is 0 Å². The number of nitrogens with zero attached hydrogens (tertiary/aromatic N) is 3. The molecule has 10 aromatic carbocycles. The van der Waals surface area contributed by atoms with Gasteiger partial charge >= 0.3 is 0 Å². The fourth-order valence-corrected chi connectivity index (χ4v) is 10.0. The molecule has 0 bridgehead atoms. The Morgan fingerprint density at radius 2 is 0.632 bits per heavy atom. The van der Waals surface area contributed by atoms with Crippen LogP contribution >= 0.6 is 0 Å². The van der Waals surface area contributed by atoms with Crippen LogP contribution in [-0.4, -0.2) is 13.7 Å². The van der Waals surface area contributed by atoms with Gasteiger partial charge in [0.25, 0.3) is 0 Å². The average Bonchev–Trinajstić information content (AvgIpc) is 3.92. The minimum atomic E-state index is 1.14. The van der Waals surface area contributed by atoms with Crippen molar-refractivity contribution in [1.82, 2.24) is 13.7 Å². The van der Waals surface area contributed by atoms with Crippen molar-refractivity contribution in [3.05, 3.63) is 200 Å². The van der Waals surface area contributed by atoms with Gasteiger partial charge in [-0.1, -0.05) is 140 Å².